The van der Waals surface area contributed by atoms with Crippen molar-refractivity contribution in [3.8, 4) is 5.75 Å². The van der Waals surface area contributed by atoms with Crippen molar-refractivity contribution >= 4 is 17.5 Å². The standard InChI is InChI=1S/C16H15ClFNO3/c1-22-12-5-2-10(3-6-12)16(21)19-15(9-20)11-4-7-13(17)14(18)8-11/h2-8,15,20H,9H2,1H3,(H,19,21). The molecule has 0 aromatic heterocycles. The molecule has 2 aromatic rings. The number of methoxy groups -OCH3 is 1. The first-order valence-electron chi connectivity index (χ1n) is 6.56. The molecule has 0 spiro atoms. The fraction of sp³-hybridized carbons (Fsp3) is 0.188. The summed E-state index contributed by atoms with van der Waals surface area (Å²) in [5, 5.41) is 12.1. The Kier molecular flexibility index (Phi) is 5.35. The number of benzene rings is 2. The predicted octanol–water partition coefficient (Wildman–Crippen LogP) is 2.95. The summed E-state index contributed by atoms with van der Waals surface area (Å²) in [6.07, 6.45) is 0. The van der Waals surface area contributed by atoms with Crippen molar-refractivity contribution in [2.75, 3.05) is 13.7 Å². The van der Waals surface area contributed by atoms with E-state index in [0.717, 1.165) is 0 Å². The monoisotopic (exact) mass is 323 g/mol. The molecule has 4 nitrogen and oxygen atoms in total. The average Bonchev–Trinajstić information content (AvgIpc) is 2.55. The summed E-state index contributed by atoms with van der Waals surface area (Å²) in [5.74, 6) is -0.344. The topological polar surface area (TPSA) is 58.6 Å². The van der Waals surface area contributed by atoms with Gasteiger partial charge in [0.1, 0.15) is 11.6 Å². The number of carbonyl (C=O) groups is 1. The molecular formula is C16H15ClFNO3. The molecule has 1 atom stereocenters. The molecule has 0 saturated heterocycles. The van der Waals surface area contributed by atoms with Crippen molar-refractivity contribution in [2.24, 2.45) is 0 Å². The van der Waals surface area contributed by atoms with E-state index < -0.39 is 11.9 Å². The van der Waals surface area contributed by atoms with Crippen LogP contribution in [-0.4, -0.2) is 24.7 Å². The maximum Gasteiger partial charge on any atom is 0.251 e. The number of carbonyl (C=O) groups excluding carboxylic acids is 1. The molecule has 0 heterocycles. The maximum absolute atomic E-state index is 13.5. The van der Waals surface area contributed by atoms with E-state index in [0.29, 0.717) is 16.9 Å². The normalized spacial score (nSPS) is 11.8. The van der Waals surface area contributed by atoms with Gasteiger partial charge in [-0.1, -0.05) is 17.7 Å². The molecule has 0 bridgehead atoms. The molecule has 0 aliphatic heterocycles. The number of aliphatic hydroxyl groups excluding tert-OH is 1. The minimum Gasteiger partial charge on any atom is -0.497 e. The average molecular weight is 324 g/mol. The lowest BCUT2D eigenvalue weighted by molar-refractivity contribution is 0.0916. The van der Waals surface area contributed by atoms with E-state index in [1.54, 1.807) is 30.3 Å². The summed E-state index contributed by atoms with van der Waals surface area (Å²) < 4.78 is 18.5. The molecule has 0 radical (unpaired) electrons. The minimum absolute atomic E-state index is 0.0121. The van der Waals surface area contributed by atoms with E-state index >= 15 is 0 Å². The SMILES string of the molecule is COc1ccc(C(=O)NC(CO)c2ccc(Cl)c(F)c2)cc1. The van der Waals surface area contributed by atoms with E-state index in [2.05, 4.69) is 5.32 Å². The molecule has 0 saturated carbocycles. The molecule has 0 aliphatic rings. The lowest BCUT2D eigenvalue weighted by Crippen LogP contribution is -2.30. The van der Waals surface area contributed by atoms with Crippen LogP contribution in [0.2, 0.25) is 5.02 Å². The number of hydrogen-bond acceptors (Lipinski definition) is 3. The Labute approximate surface area is 132 Å². The van der Waals surface area contributed by atoms with Gasteiger partial charge in [-0.15, -0.1) is 0 Å². The Balaban J connectivity index is 2.14. The summed E-state index contributed by atoms with van der Waals surface area (Å²) in [6.45, 7) is -0.358. The summed E-state index contributed by atoms with van der Waals surface area (Å²) >= 11 is 5.62. The molecule has 2 rings (SSSR count). The van der Waals surface area contributed by atoms with Crippen LogP contribution in [0.15, 0.2) is 42.5 Å². The number of hydrogen-bond donors (Lipinski definition) is 2. The van der Waals surface area contributed by atoms with Gasteiger partial charge in [0.2, 0.25) is 0 Å². The van der Waals surface area contributed by atoms with E-state index in [4.69, 9.17) is 16.3 Å². The highest BCUT2D eigenvalue weighted by molar-refractivity contribution is 6.30. The van der Waals surface area contributed by atoms with Gasteiger partial charge in [-0.05, 0) is 42.0 Å². The van der Waals surface area contributed by atoms with Crippen LogP contribution >= 0.6 is 11.6 Å². The van der Waals surface area contributed by atoms with Gasteiger partial charge >= 0.3 is 0 Å². The first-order chi connectivity index (χ1) is 10.5. The zero-order chi connectivity index (χ0) is 16.1. The van der Waals surface area contributed by atoms with Crippen LogP contribution in [0.1, 0.15) is 22.0 Å². The van der Waals surface area contributed by atoms with Gasteiger partial charge < -0.3 is 15.2 Å². The van der Waals surface area contributed by atoms with Gasteiger partial charge in [0.25, 0.3) is 5.91 Å². The smallest absolute Gasteiger partial charge is 0.251 e. The molecule has 1 unspecified atom stereocenters. The minimum atomic E-state index is -0.721. The maximum atomic E-state index is 13.5. The van der Waals surface area contributed by atoms with E-state index in [9.17, 15) is 14.3 Å². The highest BCUT2D eigenvalue weighted by Crippen LogP contribution is 2.21. The van der Waals surface area contributed by atoms with Crippen molar-refractivity contribution < 1.29 is 19.0 Å². The molecule has 116 valence electrons. The number of rotatable bonds is 5. The van der Waals surface area contributed by atoms with Crippen LogP contribution in [0, 0.1) is 5.82 Å². The van der Waals surface area contributed by atoms with Gasteiger partial charge in [-0.3, -0.25) is 4.79 Å². The highest BCUT2D eigenvalue weighted by Gasteiger charge is 2.16. The predicted molar refractivity (Wildman–Crippen MR) is 81.7 cm³/mol. The van der Waals surface area contributed by atoms with E-state index in [1.807, 2.05) is 0 Å². The number of nitrogens with one attached hydrogen (secondary N) is 1. The molecule has 2 N–H and O–H groups in total. The van der Waals surface area contributed by atoms with Gasteiger partial charge in [0.05, 0.1) is 24.8 Å². The summed E-state index contributed by atoms with van der Waals surface area (Å²) in [6, 6.07) is 9.93. The van der Waals surface area contributed by atoms with Gasteiger partial charge in [0.15, 0.2) is 0 Å². The lowest BCUT2D eigenvalue weighted by Gasteiger charge is -2.17. The van der Waals surface area contributed by atoms with E-state index in [1.165, 1.54) is 19.2 Å². The third-order valence-electron chi connectivity index (χ3n) is 3.19. The third kappa shape index (κ3) is 3.75. The number of halogens is 2. The Hall–Kier alpha value is -2.11. The lowest BCUT2D eigenvalue weighted by atomic mass is 10.1. The molecule has 6 heteroatoms. The zero-order valence-corrected chi connectivity index (χ0v) is 12.6. The second-order valence-electron chi connectivity index (χ2n) is 4.61. The zero-order valence-electron chi connectivity index (χ0n) is 11.8. The van der Waals surface area contributed by atoms with Crippen molar-refractivity contribution in [3.05, 3.63) is 64.4 Å². The van der Waals surface area contributed by atoms with Gasteiger partial charge in [-0.2, -0.15) is 0 Å². The van der Waals surface area contributed by atoms with Crippen LogP contribution < -0.4 is 10.1 Å². The molecular weight excluding hydrogens is 309 g/mol. The first kappa shape index (κ1) is 16.3. The Morgan fingerprint density at radius 1 is 1.32 bits per heavy atom. The van der Waals surface area contributed by atoms with Crippen molar-refractivity contribution in [1.29, 1.82) is 0 Å². The Morgan fingerprint density at radius 3 is 2.55 bits per heavy atom. The Bertz CT molecular complexity index is 661. The largest absolute Gasteiger partial charge is 0.497 e. The van der Waals surface area contributed by atoms with Crippen molar-refractivity contribution in [2.45, 2.75) is 6.04 Å². The molecule has 1 amide bonds. The molecule has 0 aliphatic carbocycles. The second kappa shape index (κ2) is 7.24. The van der Waals surface area contributed by atoms with Crippen molar-refractivity contribution in [1.82, 2.24) is 5.32 Å². The molecule has 22 heavy (non-hydrogen) atoms. The van der Waals surface area contributed by atoms with Crippen LogP contribution in [-0.2, 0) is 0 Å². The molecule has 0 fully saturated rings. The van der Waals surface area contributed by atoms with E-state index in [-0.39, 0.29) is 17.5 Å². The fourth-order valence-corrected chi connectivity index (χ4v) is 2.07. The van der Waals surface area contributed by atoms with Gasteiger partial charge in [-0.25, -0.2) is 4.39 Å². The second-order valence-corrected chi connectivity index (χ2v) is 5.02. The summed E-state index contributed by atoms with van der Waals surface area (Å²) in [4.78, 5) is 12.2. The van der Waals surface area contributed by atoms with Crippen LogP contribution in [0.25, 0.3) is 0 Å². The van der Waals surface area contributed by atoms with Crippen molar-refractivity contribution in [3.63, 3.8) is 0 Å². The third-order valence-corrected chi connectivity index (χ3v) is 3.49. The summed E-state index contributed by atoms with van der Waals surface area (Å²) in [5.41, 5.74) is 0.847. The molecule has 2 aromatic carbocycles. The van der Waals surface area contributed by atoms with Gasteiger partial charge in [0, 0.05) is 5.56 Å². The summed E-state index contributed by atoms with van der Waals surface area (Å²) in [7, 11) is 1.53. The number of ether oxygens (including phenoxy) is 1. The quantitative estimate of drug-likeness (QED) is 0.889. The Morgan fingerprint density at radius 2 is 2.00 bits per heavy atom. The van der Waals surface area contributed by atoms with Crippen LogP contribution in [0.4, 0.5) is 4.39 Å². The van der Waals surface area contributed by atoms with Crippen LogP contribution in [0.3, 0.4) is 0 Å². The number of amides is 1. The number of aliphatic hydroxyl groups is 1. The highest BCUT2D eigenvalue weighted by atomic mass is 35.5. The van der Waals surface area contributed by atoms with Crippen LogP contribution in [0.5, 0.6) is 5.75 Å². The first-order valence-corrected chi connectivity index (χ1v) is 6.93. The fourth-order valence-electron chi connectivity index (χ4n) is 1.95.